The summed E-state index contributed by atoms with van der Waals surface area (Å²) in [6, 6.07) is 0. The lowest BCUT2D eigenvalue weighted by Gasteiger charge is -2.02. The molecule has 68 valence electrons. The zero-order valence-electron chi connectivity index (χ0n) is 7.28. The lowest BCUT2D eigenvalue weighted by atomic mass is 10.2. The molecular weight excluding hydrogens is 174 g/mol. The molecule has 0 unspecified atom stereocenters. The van der Waals surface area contributed by atoms with Crippen LogP contribution in [0.3, 0.4) is 0 Å². The Hall–Kier alpha value is -0.680. The smallest absolute Gasteiger partial charge is 0.294 e. The van der Waals surface area contributed by atoms with Crippen molar-refractivity contribution in [1.82, 2.24) is 10.2 Å². The van der Waals surface area contributed by atoms with Gasteiger partial charge in [-0.05, 0) is 5.92 Å². The van der Waals surface area contributed by atoms with Crippen LogP contribution >= 0.6 is 11.3 Å². The van der Waals surface area contributed by atoms with Gasteiger partial charge in [0.15, 0.2) is 0 Å². The van der Waals surface area contributed by atoms with Gasteiger partial charge < -0.3 is 10.5 Å². The van der Waals surface area contributed by atoms with E-state index < -0.39 is 0 Å². The van der Waals surface area contributed by atoms with Crippen LogP contribution in [0.25, 0.3) is 0 Å². The van der Waals surface area contributed by atoms with Gasteiger partial charge in [-0.1, -0.05) is 25.2 Å². The quantitative estimate of drug-likeness (QED) is 0.764. The van der Waals surface area contributed by atoms with E-state index in [1.165, 1.54) is 11.3 Å². The maximum atomic E-state index is 5.37. The van der Waals surface area contributed by atoms with E-state index in [-0.39, 0.29) is 0 Å². The molecule has 0 amide bonds. The van der Waals surface area contributed by atoms with E-state index in [1.807, 2.05) is 0 Å². The van der Waals surface area contributed by atoms with Crippen LogP contribution in [-0.4, -0.2) is 16.8 Å². The molecule has 5 heteroatoms. The summed E-state index contributed by atoms with van der Waals surface area (Å²) in [5.74, 6) is 0.509. The fraction of sp³-hybridized carbons (Fsp3) is 0.714. The normalized spacial score (nSPS) is 10.7. The largest absolute Gasteiger partial charge is 0.469 e. The van der Waals surface area contributed by atoms with Gasteiger partial charge in [0.1, 0.15) is 5.01 Å². The van der Waals surface area contributed by atoms with E-state index in [0.717, 1.165) is 5.01 Å². The van der Waals surface area contributed by atoms with Crippen molar-refractivity contribution < 1.29 is 4.74 Å². The van der Waals surface area contributed by atoms with E-state index in [1.54, 1.807) is 0 Å². The molecule has 4 nitrogen and oxygen atoms in total. The maximum absolute atomic E-state index is 5.37. The minimum absolute atomic E-state index is 0.433. The number of rotatable bonds is 4. The first-order valence-electron chi connectivity index (χ1n) is 3.87. The summed E-state index contributed by atoms with van der Waals surface area (Å²) in [5, 5.41) is 9.09. The number of ether oxygens (including phenoxy) is 1. The molecule has 0 aliphatic heterocycles. The average molecular weight is 187 g/mol. The van der Waals surface area contributed by atoms with Gasteiger partial charge >= 0.3 is 0 Å². The molecule has 0 aliphatic carbocycles. The van der Waals surface area contributed by atoms with Crippen LogP contribution in [0.15, 0.2) is 0 Å². The van der Waals surface area contributed by atoms with Crippen LogP contribution in [0.5, 0.6) is 5.19 Å². The summed E-state index contributed by atoms with van der Waals surface area (Å²) in [5.41, 5.74) is 5.37. The van der Waals surface area contributed by atoms with Crippen molar-refractivity contribution in [2.24, 2.45) is 11.7 Å². The predicted molar refractivity (Wildman–Crippen MR) is 48.1 cm³/mol. The molecule has 0 aromatic carbocycles. The van der Waals surface area contributed by atoms with Gasteiger partial charge in [-0.15, -0.1) is 10.2 Å². The van der Waals surface area contributed by atoms with Crippen molar-refractivity contribution in [3.8, 4) is 5.19 Å². The molecule has 1 aromatic rings. The van der Waals surface area contributed by atoms with E-state index in [9.17, 15) is 0 Å². The zero-order chi connectivity index (χ0) is 8.97. The molecule has 1 aromatic heterocycles. The molecule has 0 radical (unpaired) electrons. The van der Waals surface area contributed by atoms with Crippen LogP contribution in [0.4, 0.5) is 0 Å². The highest BCUT2D eigenvalue weighted by atomic mass is 32.1. The van der Waals surface area contributed by atoms with Crippen molar-refractivity contribution in [2.75, 3.05) is 6.61 Å². The summed E-state index contributed by atoms with van der Waals surface area (Å²) < 4.78 is 5.34. The third-order valence-electron chi connectivity index (χ3n) is 1.16. The predicted octanol–water partition coefficient (Wildman–Crippen LogP) is 1.03. The molecule has 1 rings (SSSR count). The second-order valence-corrected chi connectivity index (χ2v) is 3.90. The minimum atomic E-state index is 0.433. The number of hydrogen-bond donors (Lipinski definition) is 1. The second kappa shape index (κ2) is 4.37. The van der Waals surface area contributed by atoms with E-state index in [2.05, 4.69) is 24.0 Å². The molecule has 12 heavy (non-hydrogen) atoms. The van der Waals surface area contributed by atoms with Gasteiger partial charge in [0.2, 0.25) is 0 Å². The number of hydrogen-bond acceptors (Lipinski definition) is 5. The van der Waals surface area contributed by atoms with Crippen molar-refractivity contribution in [3.63, 3.8) is 0 Å². The number of nitrogens with two attached hydrogens (primary N) is 1. The fourth-order valence-electron chi connectivity index (χ4n) is 0.617. The molecule has 0 bridgehead atoms. The molecule has 0 fully saturated rings. The van der Waals surface area contributed by atoms with E-state index >= 15 is 0 Å². The number of aromatic nitrogens is 2. The molecular formula is C7H13N3OS. The molecule has 2 N–H and O–H groups in total. The van der Waals surface area contributed by atoms with Crippen molar-refractivity contribution in [2.45, 2.75) is 20.4 Å². The average Bonchev–Trinajstić information content (AvgIpc) is 2.48. The summed E-state index contributed by atoms with van der Waals surface area (Å²) in [6.45, 7) is 5.29. The van der Waals surface area contributed by atoms with E-state index in [4.69, 9.17) is 10.5 Å². The lowest BCUT2D eigenvalue weighted by molar-refractivity contribution is 0.268. The molecule has 0 saturated carbocycles. The van der Waals surface area contributed by atoms with Crippen molar-refractivity contribution in [1.29, 1.82) is 0 Å². The van der Waals surface area contributed by atoms with Crippen molar-refractivity contribution in [3.05, 3.63) is 5.01 Å². The van der Waals surface area contributed by atoms with Crippen molar-refractivity contribution >= 4 is 11.3 Å². The molecule has 0 atom stereocenters. The highest BCUT2D eigenvalue weighted by Gasteiger charge is 2.03. The van der Waals surface area contributed by atoms with Gasteiger partial charge in [-0.25, -0.2) is 0 Å². The van der Waals surface area contributed by atoms with Crippen LogP contribution in [0.1, 0.15) is 18.9 Å². The van der Waals surface area contributed by atoms with Gasteiger partial charge in [-0.2, -0.15) is 0 Å². The summed E-state index contributed by atoms with van der Waals surface area (Å²) in [6.07, 6.45) is 0. The number of nitrogens with zero attached hydrogens (tertiary/aromatic N) is 2. The Morgan fingerprint density at radius 3 is 2.75 bits per heavy atom. The Morgan fingerprint density at radius 1 is 1.50 bits per heavy atom. The first-order chi connectivity index (χ1) is 5.72. The summed E-state index contributed by atoms with van der Waals surface area (Å²) >= 11 is 1.41. The Balaban J connectivity index is 2.41. The molecule has 0 saturated heterocycles. The lowest BCUT2D eigenvalue weighted by Crippen LogP contribution is -2.03. The second-order valence-electron chi connectivity index (χ2n) is 2.87. The van der Waals surface area contributed by atoms with Crippen LogP contribution in [0, 0.1) is 5.92 Å². The Kier molecular flexibility index (Phi) is 3.43. The van der Waals surface area contributed by atoms with Gasteiger partial charge in [-0.3, -0.25) is 0 Å². The fourth-order valence-corrected chi connectivity index (χ4v) is 1.19. The third-order valence-corrected chi connectivity index (χ3v) is 2.02. The molecule has 0 aliphatic rings. The van der Waals surface area contributed by atoms with Crippen LogP contribution < -0.4 is 10.5 Å². The molecule has 0 spiro atoms. The highest BCUT2D eigenvalue weighted by Crippen LogP contribution is 2.17. The van der Waals surface area contributed by atoms with Crippen LogP contribution in [-0.2, 0) is 6.54 Å². The van der Waals surface area contributed by atoms with E-state index in [0.29, 0.717) is 24.3 Å². The molecule has 1 heterocycles. The first-order valence-corrected chi connectivity index (χ1v) is 4.69. The summed E-state index contributed by atoms with van der Waals surface area (Å²) in [4.78, 5) is 0. The highest BCUT2D eigenvalue weighted by molar-refractivity contribution is 7.13. The Morgan fingerprint density at radius 2 is 2.25 bits per heavy atom. The minimum Gasteiger partial charge on any atom is -0.469 e. The van der Waals surface area contributed by atoms with Gasteiger partial charge in [0, 0.05) is 6.54 Å². The Bertz CT molecular complexity index is 236. The summed E-state index contributed by atoms with van der Waals surface area (Å²) in [7, 11) is 0. The standard InChI is InChI=1S/C7H13N3OS/c1-5(2)4-11-7-10-9-6(3-8)12-7/h5H,3-4,8H2,1-2H3. The monoisotopic (exact) mass is 187 g/mol. The third kappa shape index (κ3) is 2.75. The SMILES string of the molecule is CC(C)COc1nnc(CN)s1. The first kappa shape index (κ1) is 9.41. The Labute approximate surface area is 75.8 Å². The van der Waals surface area contributed by atoms with Gasteiger partial charge in [0.25, 0.3) is 5.19 Å². The zero-order valence-corrected chi connectivity index (χ0v) is 8.10. The topological polar surface area (TPSA) is 61.0 Å². The van der Waals surface area contributed by atoms with Crippen LogP contribution in [0.2, 0.25) is 0 Å². The van der Waals surface area contributed by atoms with Gasteiger partial charge in [0.05, 0.1) is 6.61 Å². The maximum Gasteiger partial charge on any atom is 0.294 e.